The van der Waals surface area contributed by atoms with Crippen LogP contribution in [0.25, 0.3) is 0 Å². The summed E-state index contributed by atoms with van der Waals surface area (Å²) in [7, 11) is 0. The normalized spacial score (nSPS) is 41.5. The molecule has 11 heavy (non-hydrogen) atoms. The number of urea groups is 1. The monoisotopic (exact) mass is 154 g/mol. The summed E-state index contributed by atoms with van der Waals surface area (Å²) in [4.78, 5) is 12.7. The molecule has 0 spiro atoms. The molecule has 0 aromatic carbocycles. The molecule has 1 heterocycles. The van der Waals surface area contributed by atoms with Crippen molar-refractivity contribution in [2.24, 2.45) is 5.73 Å². The quantitative estimate of drug-likeness (QED) is 0.521. The molecule has 1 saturated heterocycles. The topological polar surface area (TPSA) is 46.1 Å². The molecule has 0 bridgehead atoms. The molecule has 3 heteroatoms. The zero-order chi connectivity index (χ0) is 8.06. The van der Waals surface area contributed by atoms with Crippen molar-refractivity contribution in [3.63, 3.8) is 0 Å². The van der Waals surface area contributed by atoms with E-state index in [1.807, 2.05) is 4.90 Å². The first-order chi connectivity index (χ1) is 5.16. The number of rotatable bonds is 0. The smallest absolute Gasteiger partial charge is 0.315 e. The van der Waals surface area contributed by atoms with Crippen molar-refractivity contribution >= 4 is 6.03 Å². The third kappa shape index (κ3) is 0.767. The average molecular weight is 154 g/mol. The van der Waals surface area contributed by atoms with E-state index in [1.165, 1.54) is 12.8 Å². The van der Waals surface area contributed by atoms with Gasteiger partial charge < -0.3 is 10.6 Å². The highest BCUT2D eigenvalue weighted by Crippen LogP contribution is 2.50. The van der Waals surface area contributed by atoms with Crippen LogP contribution < -0.4 is 5.73 Å². The summed E-state index contributed by atoms with van der Waals surface area (Å²) in [5, 5.41) is 0. The number of carbonyl (C=O) groups excluding carboxylic acids is 1. The number of hydrogen-bond acceptors (Lipinski definition) is 1. The summed E-state index contributed by atoms with van der Waals surface area (Å²) >= 11 is 0. The van der Waals surface area contributed by atoms with Crippen LogP contribution in [-0.4, -0.2) is 22.5 Å². The highest BCUT2D eigenvalue weighted by Gasteiger charge is 2.61. The number of nitrogens with zero attached hydrogens (tertiary/aromatic N) is 1. The van der Waals surface area contributed by atoms with Gasteiger partial charge in [0.25, 0.3) is 0 Å². The first kappa shape index (κ1) is 6.95. The molecule has 2 fully saturated rings. The predicted octanol–water partition coefficient (Wildman–Crippen LogP) is 1.08. The average Bonchev–Trinajstić information content (AvgIpc) is 2.54. The zero-order valence-electron chi connectivity index (χ0n) is 6.84. The Morgan fingerprint density at radius 1 is 1.64 bits per heavy atom. The maximum absolute atomic E-state index is 10.9. The van der Waals surface area contributed by atoms with Gasteiger partial charge in [0.2, 0.25) is 0 Å². The fourth-order valence-corrected chi connectivity index (χ4v) is 2.46. The minimum absolute atomic E-state index is 0.143. The molecule has 2 aliphatic rings. The minimum atomic E-state index is -0.237. The number of likely N-dealkylation sites (tertiary alicyclic amines) is 1. The second-order valence-electron chi connectivity index (χ2n) is 3.83. The molecular formula is C8H14N2O. The lowest BCUT2D eigenvalue weighted by Gasteiger charge is -2.12. The van der Waals surface area contributed by atoms with Gasteiger partial charge in [-0.1, -0.05) is 12.8 Å². The van der Waals surface area contributed by atoms with E-state index in [2.05, 4.69) is 6.92 Å². The van der Waals surface area contributed by atoms with Crippen LogP contribution in [0.1, 0.15) is 32.6 Å². The molecule has 0 aromatic rings. The van der Waals surface area contributed by atoms with Crippen LogP contribution in [0.3, 0.4) is 0 Å². The van der Waals surface area contributed by atoms with Crippen molar-refractivity contribution in [1.82, 2.24) is 4.90 Å². The van der Waals surface area contributed by atoms with Crippen LogP contribution in [-0.2, 0) is 0 Å². The zero-order valence-corrected chi connectivity index (χ0v) is 6.84. The van der Waals surface area contributed by atoms with Gasteiger partial charge in [0.1, 0.15) is 0 Å². The van der Waals surface area contributed by atoms with Gasteiger partial charge in [0.05, 0.1) is 11.6 Å². The Labute approximate surface area is 66.5 Å². The predicted molar refractivity (Wildman–Crippen MR) is 42.1 cm³/mol. The van der Waals surface area contributed by atoms with Crippen LogP contribution >= 0.6 is 0 Å². The lowest BCUT2D eigenvalue weighted by atomic mass is 9.91. The Bertz CT molecular complexity index is 204. The van der Waals surface area contributed by atoms with E-state index in [-0.39, 0.29) is 11.6 Å². The first-order valence-electron chi connectivity index (χ1n) is 4.25. The number of primary amides is 1. The van der Waals surface area contributed by atoms with Gasteiger partial charge in [-0.2, -0.15) is 0 Å². The van der Waals surface area contributed by atoms with Crippen LogP contribution in [0.2, 0.25) is 0 Å². The second kappa shape index (κ2) is 1.90. The van der Waals surface area contributed by atoms with Gasteiger partial charge in [0, 0.05) is 0 Å². The van der Waals surface area contributed by atoms with Crippen LogP contribution in [0, 0.1) is 0 Å². The second-order valence-corrected chi connectivity index (χ2v) is 3.83. The lowest BCUT2D eigenvalue weighted by Crippen LogP contribution is -2.25. The fourth-order valence-electron chi connectivity index (χ4n) is 2.46. The van der Waals surface area contributed by atoms with Crippen molar-refractivity contribution in [3.05, 3.63) is 0 Å². The Kier molecular flexibility index (Phi) is 1.20. The fraction of sp³-hybridized carbons (Fsp3) is 0.875. The summed E-state index contributed by atoms with van der Waals surface area (Å²) in [5.74, 6) is 0. The van der Waals surface area contributed by atoms with E-state index in [9.17, 15) is 4.79 Å². The molecule has 2 amide bonds. The van der Waals surface area contributed by atoms with E-state index in [0.29, 0.717) is 6.04 Å². The summed E-state index contributed by atoms with van der Waals surface area (Å²) in [6.45, 7) is 2.14. The number of nitrogens with two attached hydrogens (primary N) is 1. The molecular weight excluding hydrogens is 140 g/mol. The Hall–Kier alpha value is -0.730. The Balaban J connectivity index is 2.12. The van der Waals surface area contributed by atoms with E-state index >= 15 is 0 Å². The summed E-state index contributed by atoms with van der Waals surface area (Å²) in [5.41, 5.74) is 5.37. The molecule has 2 N–H and O–H groups in total. The third-order valence-electron chi connectivity index (χ3n) is 3.16. The van der Waals surface area contributed by atoms with E-state index in [0.717, 1.165) is 12.8 Å². The minimum Gasteiger partial charge on any atom is -0.351 e. The largest absolute Gasteiger partial charge is 0.351 e. The number of hydrogen-bond donors (Lipinski definition) is 1. The first-order valence-corrected chi connectivity index (χ1v) is 4.25. The highest BCUT2D eigenvalue weighted by atomic mass is 16.2. The molecule has 1 saturated carbocycles. The molecule has 3 nitrogen and oxygen atoms in total. The molecule has 1 aliphatic carbocycles. The maximum atomic E-state index is 10.9. The molecule has 2 unspecified atom stereocenters. The van der Waals surface area contributed by atoms with Crippen molar-refractivity contribution in [2.75, 3.05) is 0 Å². The number of fused-ring (bicyclic) bond motifs is 1. The van der Waals surface area contributed by atoms with Gasteiger partial charge in [-0.3, -0.25) is 0 Å². The molecule has 0 aromatic heterocycles. The summed E-state index contributed by atoms with van der Waals surface area (Å²) in [6, 6.07) is 0.230. The molecule has 62 valence electrons. The van der Waals surface area contributed by atoms with E-state index in [4.69, 9.17) is 5.73 Å². The highest BCUT2D eigenvalue weighted by molar-refractivity contribution is 5.77. The molecule has 1 aliphatic heterocycles. The van der Waals surface area contributed by atoms with Crippen molar-refractivity contribution < 1.29 is 4.79 Å². The van der Waals surface area contributed by atoms with Crippen molar-refractivity contribution in [3.8, 4) is 0 Å². The SMILES string of the molecule is CC12CCCCC1N2C(N)=O. The molecule has 2 rings (SSSR count). The van der Waals surface area contributed by atoms with E-state index < -0.39 is 0 Å². The van der Waals surface area contributed by atoms with Gasteiger partial charge in [-0.25, -0.2) is 4.79 Å². The van der Waals surface area contributed by atoms with Crippen LogP contribution in [0.15, 0.2) is 0 Å². The summed E-state index contributed by atoms with van der Waals surface area (Å²) < 4.78 is 0. The Morgan fingerprint density at radius 2 is 2.36 bits per heavy atom. The van der Waals surface area contributed by atoms with E-state index in [1.54, 1.807) is 0 Å². The van der Waals surface area contributed by atoms with Gasteiger partial charge in [0.15, 0.2) is 0 Å². The number of amides is 2. The van der Waals surface area contributed by atoms with Gasteiger partial charge in [-0.15, -0.1) is 0 Å². The van der Waals surface area contributed by atoms with Gasteiger partial charge >= 0.3 is 6.03 Å². The number of carbonyl (C=O) groups is 1. The Morgan fingerprint density at radius 3 is 2.82 bits per heavy atom. The molecule has 0 radical (unpaired) electrons. The molecule has 2 atom stereocenters. The van der Waals surface area contributed by atoms with Crippen molar-refractivity contribution in [2.45, 2.75) is 44.2 Å². The third-order valence-corrected chi connectivity index (χ3v) is 3.16. The lowest BCUT2D eigenvalue weighted by molar-refractivity contribution is 0.230. The van der Waals surface area contributed by atoms with Crippen LogP contribution in [0.5, 0.6) is 0 Å². The van der Waals surface area contributed by atoms with Gasteiger partial charge in [-0.05, 0) is 19.8 Å². The summed E-state index contributed by atoms with van der Waals surface area (Å²) in [6.07, 6.45) is 4.79. The standard InChI is InChI=1S/C8H14N2O/c1-8-5-3-2-4-6(8)10(8)7(9)11/h6H,2-5H2,1H3,(H2,9,11). The maximum Gasteiger partial charge on any atom is 0.315 e. The van der Waals surface area contributed by atoms with Crippen molar-refractivity contribution in [1.29, 1.82) is 0 Å². The van der Waals surface area contributed by atoms with Crippen LogP contribution in [0.4, 0.5) is 4.79 Å².